The lowest BCUT2D eigenvalue weighted by molar-refractivity contribution is 0.465. The molecule has 0 N–H and O–H groups in total. The average molecular weight is 311 g/mol. The van der Waals surface area contributed by atoms with Crippen molar-refractivity contribution >= 4 is 35.3 Å². The maximum absolute atomic E-state index is 2.31. The molecule has 112 valence electrons. The van der Waals surface area contributed by atoms with Gasteiger partial charge in [0.25, 0.3) is 0 Å². The predicted molar refractivity (Wildman–Crippen MR) is 97.6 cm³/mol. The highest BCUT2D eigenvalue weighted by molar-refractivity contribution is 8.07. The van der Waals surface area contributed by atoms with E-state index < -0.39 is 0 Å². The summed E-state index contributed by atoms with van der Waals surface area (Å²) in [5.41, 5.74) is 0. The second-order valence-electron chi connectivity index (χ2n) is 5.38. The molecule has 0 radical (unpaired) electrons. The summed E-state index contributed by atoms with van der Waals surface area (Å²) in [6.45, 7) is 9.16. The number of hydrogen-bond donors (Lipinski definition) is 0. The van der Waals surface area contributed by atoms with Crippen LogP contribution in [0.5, 0.6) is 0 Å². The Morgan fingerprint density at radius 2 is 1.44 bits per heavy atom. The Morgan fingerprint density at radius 1 is 0.944 bits per heavy atom. The van der Waals surface area contributed by atoms with Crippen molar-refractivity contribution in [3.8, 4) is 0 Å². The van der Waals surface area contributed by atoms with Crippen molar-refractivity contribution in [3.63, 3.8) is 0 Å². The maximum atomic E-state index is 2.31. The first-order valence-corrected chi connectivity index (χ1v) is 9.64. The van der Waals surface area contributed by atoms with Crippen LogP contribution >= 0.6 is 35.3 Å². The largest absolute Gasteiger partial charge is 0.161 e. The quantitative estimate of drug-likeness (QED) is 0.633. The second-order valence-corrected chi connectivity index (χ2v) is 9.41. The van der Waals surface area contributed by atoms with Gasteiger partial charge in [0, 0.05) is 16.8 Å². The van der Waals surface area contributed by atoms with Crippen molar-refractivity contribution in [2.24, 2.45) is 11.8 Å². The third-order valence-electron chi connectivity index (χ3n) is 2.58. The van der Waals surface area contributed by atoms with E-state index in [0.717, 1.165) is 22.3 Å². The Bertz CT molecular complexity index is 153. The van der Waals surface area contributed by atoms with Gasteiger partial charge in [-0.3, -0.25) is 0 Å². The van der Waals surface area contributed by atoms with Gasteiger partial charge in [0.05, 0.1) is 0 Å². The second kappa shape index (κ2) is 11.8. The van der Waals surface area contributed by atoms with Gasteiger partial charge in [-0.2, -0.15) is 35.3 Å². The van der Waals surface area contributed by atoms with Crippen LogP contribution in [0.4, 0.5) is 0 Å². The van der Waals surface area contributed by atoms with Crippen molar-refractivity contribution < 1.29 is 0 Å². The fourth-order valence-electron chi connectivity index (χ4n) is 1.76. The van der Waals surface area contributed by atoms with Crippen LogP contribution in [-0.4, -0.2) is 33.5 Å². The van der Waals surface area contributed by atoms with Gasteiger partial charge in [0.2, 0.25) is 0 Å². The monoisotopic (exact) mass is 310 g/mol. The van der Waals surface area contributed by atoms with E-state index in [1.807, 2.05) is 0 Å². The Hall–Kier alpha value is 1.05. The summed E-state index contributed by atoms with van der Waals surface area (Å²) in [7, 11) is 0. The van der Waals surface area contributed by atoms with Crippen molar-refractivity contribution in [2.45, 2.75) is 59.5 Å². The van der Waals surface area contributed by atoms with Crippen molar-refractivity contribution in [1.29, 1.82) is 0 Å². The summed E-state index contributed by atoms with van der Waals surface area (Å²) in [5, 5.41) is 1.82. The van der Waals surface area contributed by atoms with Gasteiger partial charge in [-0.15, -0.1) is 0 Å². The molecule has 2 rings (SSSR count). The van der Waals surface area contributed by atoms with Crippen LogP contribution in [-0.2, 0) is 0 Å². The zero-order chi connectivity index (χ0) is 12.0. The minimum atomic E-state index is 0. The molecule has 18 heavy (non-hydrogen) atoms. The van der Waals surface area contributed by atoms with Crippen LogP contribution in [0.2, 0.25) is 0 Å². The normalized spacial score (nSPS) is 19.0. The smallest absolute Gasteiger partial charge is 0.0231 e. The minimum absolute atomic E-state index is 0. The molecule has 0 aromatic carbocycles. The van der Waals surface area contributed by atoms with Crippen LogP contribution in [0.25, 0.3) is 0 Å². The molecule has 0 aromatic heterocycles. The molecule has 0 amide bonds. The summed E-state index contributed by atoms with van der Waals surface area (Å²) in [6.07, 6.45) is 1.45. The molecule has 2 aliphatic heterocycles. The fourth-order valence-corrected chi connectivity index (χ4v) is 5.01. The third-order valence-corrected chi connectivity index (χ3v) is 6.96. The van der Waals surface area contributed by atoms with E-state index in [1.165, 1.54) is 29.4 Å². The molecule has 2 saturated heterocycles. The van der Waals surface area contributed by atoms with Gasteiger partial charge in [-0.25, -0.2) is 0 Å². The Kier molecular flexibility index (Phi) is 14.0. The summed E-state index contributed by atoms with van der Waals surface area (Å²) in [6, 6.07) is 0. The fraction of sp³-hybridized carbons (Fsp3) is 1.00. The zero-order valence-electron chi connectivity index (χ0n) is 11.1. The van der Waals surface area contributed by atoms with Crippen molar-refractivity contribution in [3.05, 3.63) is 0 Å². The molecule has 2 heterocycles. The molecule has 0 aromatic rings. The summed E-state index contributed by atoms with van der Waals surface area (Å²) in [5.74, 6) is 7.63. The number of thioether (sulfide) groups is 3. The highest BCUT2D eigenvalue weighted by atomic mass is 32.2. The lowest BCUT2D eigenvalue weighted by Crippen LogP contribution is -2.22. The standard InChI is InChI=1S/C7H14S.C6H12S2.2CH4/c1-6(2)3-7-4-8-5-7;1-5(2)8-6-3-7-4-6;;/h6-7H,3-5H2,1-2H3;5-6H,3-4H2,1-2H3;2*1H4. The van der Waals surface area contributed by atoms with Crippen LogP contribution in [0.15, 0.2) is 0 Å². The zero-order valence-corrected chi connectivity index (χ0v) is 13.5. The van der Waals surface area contributed by atoms with Crippen LogP contribution in [0.3, 0.4) is 0 Å². The summed E-state index contributed by atoms with van der Waals surface area (Å²) < 4.78 is 0. The molecule has 0 bridgehead atoms. The number of rotatable bonds is 4. The van der Waals surface area contributed by atoms with E-state index in [1.54, 1.807) is 0 Å². The maximum Gasteiger partial charge on any atom is 0.0231 e. The van der Waals surface area contributed by atoms with E-state index in [9.17, 15) is 0 Å². The Morgan fingerprint density at radius 3 is 1.56 bits per heavy atom. The topological polar surface area (TPSA) is 0 Å². The average Bonchev–Trinajstić information content (AvgIpc) is 2.05. The van der Waals surface area contributed by atoms with Gasteiger partial charge in [-0.1, -0.05) is 42.5 Å². The van der Waals surface area contributed by atoms with E-state index in [-0.39, 0.29) is 14.9 Å². The number of hydrogen-bond acceptors (Lipinski definition) is 3. The molecule has 3 heteroatoms. The van der Waals surface area contributed by atoms with Crippen molar-refractivity contribution in [2.75, 3.05) is 23.0 Å². The predicted octanol–water partition coefficient (Wildman–Crippen LogP) is 5.91. The molecule has 0 unspecified atom stereocenters. The third kappa shape index (κ3) is 9.91. The summed E-state index contributed by atoms with van der Waals surface area (Å²) in [4.78, 5) is 0. The SMILES string of the molecule is C.C.CC(C)CC1CSC1.CC(C)SC1CSC1. The van der Waals surface area contributed by atoms with E-state index in [0.29, 0.717) is 0 Å². The highest BCUT2D eigenvalue weighted by Gasteiger charge is 2.19. The molecule has 0 nitrogen and oxygen atoms in total. The first-order chi connectivity index (χ1) is 7.58. The lowest BCUT2D eigenvalue weighted by Gasteiger charge is -2.26. The summed E-state index contributed by atoms with van der Waals surface area (Å²) >= 11 is 6.27. The lowest BCUT2D eigenvalue weighted by atomic mass is 10.0. The first kappa shape index (κ1) is 21.4. The van der Waals surface area contributed by atoms with E-state index in [2.05, 4.69) is 63.0 Å². The minimum Gasteiger partial charge on any atom is -0.161 e. The molecule has 2 fully saturated rings. The molecule has 0 atom stereocenters. The highest BCUT2D eigenvalue weighted by Crippen LogP contribution is 2.31. The Balaban J connectivity index is 0. The van der Waals surface area contributed by atoms with Crippen LogP contribution in [0.1, 0.15) is 49.0 Å². The first-order valence-electron chi connectivity index (χ1n) is 6.38. The van der Waals surface area contributed by atoms with Gasteiger partial charge in [-0.05, 0) is 35.0 Å². The van der Waals surface area contributed by atoms with E-state index in [4.69, 9.17) is 0 Å². The molecular formula is C15H34S3. The van der Waals surface area contributed by atoms with E-state index >= 15 is 0 Å². The molecule has 0 saturated carbocycles. The molecule has 0 spiro atoms. The molecule has 2 aliphatic rings. The van der Waals surface area contributed by atoms with Crippen LogP contribution in [0, 0.1) is 11.8 Å². The van der Waals surface area contributed by atoms with Gasteiger partial charge in [0.15, 0.2) is 0 Å². The van der Waals surface area contributed by atoms with Gasteiger partial charge >= 0.3 is 0 Å². The molecular weight excluding hydrogens is 276 g/mol. The van der Waals surface area contributed by atoms with Gasteiger partial charge < -0.3 is 0 Å². The molecule has 0 aliphatic carbocycles. The van der Waals surface area contributed by atoms with Crippen molar-refractivity contribution in [1.82, 2.24) is 0 Å². The van der Waals surface area contributed by atoms with Gasteiger partial charge in [0.1, 0.15) is 0 Å². The Labute approximate surface area is 129 Å². The van der Waals surface area contributed by atoms with Crippen LogP contribution < -0.4 is 0 Å².